The Hall–Kier alpha value is -2.45. The maximum Gasteiger partial charge on any atom is 0.255 e. The summed E-state index contributed by atoms with van der Waals surface area (Å²) in [5.41, 5.74) is 1.50. The van der Waals surface area contributed by atoms with Crippen molar-refractivity contribution >= 4 is 17.7 Å². The van der Waals surface area contributed by atoms with Gasteiger partial charge in [-0.1, -0.05) is 6.92 Å². The topological polar surface area (TPSA) is 88.2 Å². The van der Waals surface area contributed by atoms with Crippen LogP contribution in [-0.2, 0) is 20.9 Å². The zero-order valence-corrected chi connectivity index (χ0v) is 20.1. The van der Waals surface area contributed by atoms with Gasteiger partial charge in [0.25, 0.3) is 5.91 Å². The highest BCUT2D eigenvalue weighted by Crippen LogP contribution is 2.35. The average Bonchev–Trinajstić information content (AvgIpc) is 3.37. The van der Waals surface area contributed by atoms with E-state index in [4.69, 9.17) is 9.47 Å². The summed E-state index contributed by atoms with van der Waals surface area (Å²) in [4.78, 5) is 40.9. The molecule has 4 aliphatic rings. The van der Waals surface area contributed by atoms with Crippen molar-refractivity contribution in [2.75, 3.05) is 20.2 Å². The first-order valence-electron chi connectivity index (χ1n) is 12.7. The second-order valence-corrected chi connectivity index (χ2v) is 10.2. The van der Waals surface area contributed by atoms with Gasteiger partial charge in [0.1, 0.15) is 17.9 Å². The number of likely N-dealkylation sites (N-methyl/N-ethyl adjacent to an activating group) is 1. The minimum atomic E-state index is -0.594. The van der Waals surface area contributed by atoms with Crippen molar-refractivity contribution in [1.29, 1.82) is 0 Å². The van der Waals surface area contributed by atoms with Gasteiger partial charge in [0, 0.05) is 38.2 Å². The lowest BCUT2D eigenvalue weighted by molar-refractivity contribution is -0.136. The largest absolute Gasteiger partial charge is 0.489 e. The number of hydrogen-bond donors (Lipinski definition) is 1. The molecule has 0 radical (unpaired) electrons. The number of ether oxygens (including phenoxy) is 2. The van der Waals surface area contributed by atoms with E-state index in [0.29, 0.717) is 36.6 Å². The highest BCUT2D eigenvalue weighted by atomic mass is 16.5. The van der Waals surface area contributed by atoms with Crippen molar-refractivity contribution in [3.8, 4) is 5.75 Å². The molecule has 2 aliphatic carbocycles. The Labute approximate surface area is 200 Å². The number of nitrogens with zero attached hydrogens (tertiary/aromatic N) is 2. The molecule has 3 fully saturated rings. The minimum absolute atomic E-state index is 0.139. The predicted molar refractivity (Wildman–Crippen MR) is 125 cm³/mol. The van der Waals surface area contributed by atoms with Crippen molar-refractivity contribution in [2.24, 2.45) is 5.92 Å². The number of imide groups is 1. The van der Waals surface area contributed by atoms with Crippen LogP contribution in [0.1, 0.15) is 67.8 Å². The number of amides is 3. The van der Waals surface area contributed by atoms with Gasteiger partial charge in [-0.2, -0.15) is 0 Å². The number of methoxy groups -OCH3 is 1. The molecule has 184 valence electrons. The molecule has 2 saturated carbocycles. The van der Waals surface area contributed by atoms with Gasteiger partial charge >= 0.3 is 0 Å². The first-order valence-corrected chi connectivity index (χ1v) is 12.7. The van der Waals surface area contributed by atoms with E-state index in [-0.39, 0.29) is 30.2 Å². The molecule has 1 aromatic rings. The lowest BCUT2D eigenvalue weighted by Gasteiger charge is -2.40. The van der Waals surface area contributed by atoms with Gasteiger partial charge in [-0.05, 0) is 74.8 Å². The van der Waals surface area contributed by atoms with Crippen LogP contribution in [0.5, 0.6) is 5.75 Å². The third-order valence-electron chi connectivity index (χ3n) is 8.09. The van der Waals surface area contributed by atoms with Crippen LogP contribution in [0, 0.1) is 5.92 Å². The van der Waals surface area contributed by atoms with Gasteiger partial charge in [0.05, 0.1) is 6.10 Å². The molecule has 5 rings (SSSR count). The van der Waals surface area contributed by atoms with Gasteiger partial charge in [-0.15, -0.1) is 0 Å². The number of rotatable bonds is 8. The lowest BCUT2D eigenvalue weighted by Crippen LogP contribution is -2.52. The number of hydrogen-bond acceptors (Lipinski definition) is 6. The third-order valence-corrected chi connectivity index (χ3v) is 8.09. The minimum Gasteiger partial charge on any atom is -0.489 e. The molecule has 1 saturated heterocycles. The quantitative estimate of drug-likeness (QED) is 0.589. The molecule has 0 aromatic heterocycles. The van der Waals surface area contributed by atoms with E-state index in [1.807, 2.05) is 18.2 Å². The lowest BCUT2D eigenvalue weighted by atomic mass is 9.81. The SMILES string of the molecule is CCN(C[C@H]1C[C@@H](OC)C1)[C@H]1CCC[C@@H]1Oc1ccc2c(c1)CN(C1CCC(=O)NC1=O)C2=O. The van der Waals surface area contributed by atoms with Crippen molar-refractivity contribution in [2.45, 2.75) is 82.7 Å². The Morgan fingerprint density at radius 1 is 1.15 bits per heavy atom. The summed E-state index contributed by atoms with van der Waals surface area (Å²) in [6.45, 7) is 4.71. The molecule has 2 heterocycles. The summed E-state index contributed by atoms with van der Waals surface area (Å²) < 4.78 is 12.0. The molecular formula is C26H35N3O5. The Kier molecular flexibility index (Phi) is 6.62. The van der Waals surface area contributed by atoms with Crippen LogP contribution in [0.2, 0.25) is 0 Å². The molecule has 1 unspecified atom stereocenters. The fourth-order valence-electron chi connectivity index (χ4n) is 6.11. The normalized spacial score (nSPS) is 31.0. The molecule has 3 atom stereocenters. The van der Waals surface area contributed by atoms with Gasteiger partial charge in [0.15, 0.2) is 0 Å². The summed E-state index contributed by atoms with van der Waals surface area (Å²) in [6, 6.07) is 5.47. The molecule has 1 aromatic carbocycles. The van der Waals surface area contributed by atoms with E-state index in [9.17, 15) is 14.4 Å². The zero-order valence-electron chi connectivity index (χ0n) is 20.1. The molecule has 34 heavy (non-hydrogen) atoms. The van der Waals surface area contributed by atoms with Gasteiger partial charge in [-0.25, -0.2) is 0 Å². The number of nitrogens with one attached hydrogen (secondary N) is 1. The Bertz CT molecular complexity index is 960. The number of carbonyl (C=O) groups excluding carboxylic acids is 3. The van der Waals surface area contributed by atoms with E-state index >= 15 is 0 Å². The van der Waals surface area contributed by atoms with E-state index in [0.717, 1.165) is 56.5 Å². The maximum atomic E-state index is 12.9. The maximum absolute atomic E-state index is 12.9. The molecule has 8 nitrogen and oxygen atoms in total. The third kappa shape index (κ3) is 4.45. The van der Waals surface area contributed by atoms with E-state index < -0.39 is 6.04 Å². The summed E-state index contributed by atoms with van der Waals surface area (Å²) in [7, 11) is 1.80. The van der Waals surface area contributed by atoms with Crippen LogP contribution in [0.25, 0.3) is 0 Å². The first-order chi connectivity index (χ1) is 16.5. The second-order valence-electron chi connectivity index (χ2n) is 10.2. The highest BCUT2D eigenvalue weighted by Gasteiger charge is 2.40. The van der Waals surface area contributed by atoms with Crippen LogP contribution < -0.4 is 10.1 Å². The van der Waals surface area contributed by atoms with Crippen molar-refractivity contribution < 1.29 is 23.9 Å². The second kappa shape index (κ2) is 9.66. The monoisotopic (exact) mass is 469 g/mol. The van der Waals surface area contributed by atoms with Gasteiger partial charge < -0.3 is 14.4 Å². The van der Waals surface area contributed by atoms with E-state index in [1.54, 1.807) is 12.0 Å². The van der Waals surface area contributed by atoms with E-state index in [2.05, 4.69) is 17.1 Å². The fraction of sp³-hybridized carbons (Fsp3) is 0.654. The average molecular weight is 470 g/mol. The number of fused-ring (bicyclic) bond motifs is 1. The Morgan fingerprint density at radius 2 is 1.97 bits per heavy atom. The fourth-order valence-corrected chi connectivity index (χ4v) is 6.11. The number of piperidine rings is 1. The Morgan fingerprint density at radius 3 is 2.71 bits per heavy atom. The predicted octanol–water partition coefficient (Wildman–Crippen LogP) is 2.49. The number of carbonyl (C=O) groups is 3. The standard InChI is InChI=1S/C26H35N3O5/c1-3-28(14-16-11-19(12-16)33-2)21-5-4-6-23(21)34-18-7-8-20-17(13-18)15-29(26(20)32)22-9-10-24(30)27-25(22)31/h7-8,13,16,19,21-23H,3-6,9-12,14-15H2,1-2H3,(H,27,30,31)/t16-,19+,21-,22?,23-/m0/s1. The summed E-state index contributed by atoms with van der Waals surface area (Å²) in [5.74, 6) is 0.680. The van der Waals surface area contributed by atoms with E-state index in [1.165, 1.54) is 0 Å². The van der Waals surface area contributed by atoms with Crippen LogP contribution in [0.4, 0.5) is 0 Å². The summed E-state index contributed by atoms with van der Waals surface area (Å²) >= 11 is 0. The highest BCUT2D eigenvalue weighted by molar-refractivity contribution is 6.05. The smallest absolute Gasteiger partial charge is 0.255 e. The van der Waals surface area contributed by atoms with Crippen LogP contribution in [-0.4, -0.2) is 72.0 Å². The Balaban J connectivity index is 1.23. The van der Waals surface area contributed by atoms with Gasteiger partial charge in [-0.3, -0.25) is 24.6 Å². The summed E-state index contributed by atoms with van der Waals surface area (Å²) in [5, 5.41) is 2.35. The molecule has 2 aliphatic heterocycles. The molecule has 0 bridgehead atoms. The molecule has 3 amide bonds. The zero-order chi connectivity index (χ0) is 23.8. The van der Waals surface area contributed by atoms with Crippen LogP contribution in [0.15, 0.2) is 18.2 Å². The molecule has 8 heteroatoms. The van der Waals surface area contributed by atoms with Crippen molar-refractivity contribution in [3.05, 3.63) is 29.3 Å². The number of benzene rings is 1. The van der Waals surface area contributed by atoms with Crippen molar-refractivity contribution in [3.63, 3.8) is 0 Å². The molecular weight excluding hydrogens is 434 g/mol. The summed E-state index contributed by atoms with van der Waals surface area (Å²) in [6.07, 6.45) is 6.82. The first kappa shape index (κ1) is 23.3. The van der Waals surface area contributed by atoms with Crippen molar-refractivity contribution in [1.82, 2.24) is 15.1 Å². The van der Waals surface area contributed by atoms with Crippen LogP contribution in [0.3, 0.4) is 0 Å². The molecule has 0 spiro atoms. The molecule has 1 N–H and O–H groups in total. The van der Waals surface area contributed by atoms with Crippen LogP contribution >= 0.6 is 0 Å². The van der Waals surface area contributed by atoms with Gasteiger partial charge in [0.2, 0.25) is 11.8 Å².